The molecule has 1 saturated heterocycles. The van der Waals surface area contributed by atoms with Gasteiger partial charge in [0.05, 0.1) is 19.8 Å². The van der Waals surface area contributed by atoms with Crippen LogP contribution in [0.5, 0.6) is 0 Å². The lowest BCUT2D eigenvalue weighted by Crippen LogP contribution is -2.45. The molecule has 0 saturated carbocycles. The summed E-state index contributed by atoms with van der Waals surface area (Å²) in [6, 6.07) is 0. The average molecular weight is 307 g/mol. The van der Waals surface area contributed by atoms with Gasteiger partial charge in [-0.15, -0.1) is 0 Å². The summed E-state index contributed by atoms with van der Waals surface area (Å²) in [4.78, 5) is 0. The third kappa shape index (κ3) is 6.21. The molecular formula is C14H27BrO2. The second-order valence-electron chi connectivity index (χ2n) is 5.21. The maximum Gasteiger partial charge on any atom is 0.0566 e. The van der Waals surface area contributed by atoms with E-state index in [1.807, 2.05) is 0 Å². The number of rotatable bonds is 11. The Morgan fingerprint density at radius 1 is 1.06 bits per heavy atom. The van der Waals surface area contributed by atoms with Gasteiger partial charge in [-0.3, -0.25) is 0 Å². The number of halogens is 1. The van der Waals surface area contributed by atoms with Crippen LogP contribution in [0.2, 0.25) is 0 Å². The van der Waals surface area contributed by atoms with Crippen LogP contribution in [0.4, 0.5) is 0 Å². The third-order valence-electron chi connectivity index (χ3n) is 3.65. The zero-order chi connectivity index (χ0) is 12.4. The number of ether oxygens (including phenoxy) is 2. The molecule has 0 N–H and O–H groups in total. The van der Waals surface area contributed by atoms with E-state index in [0.29, 0.717) is 5.41 Å². The van der Waals surface area contributed by atoms with Crippen LogP contribution in [0.3, 0.4) is 0 Å². The van der Waals surface area contributed by atoms with Gasteiger partial charge in [0.2, 0.25) is 0 Å². The second kappa shape index (κ2) is 9.35. The standard InChI is InChI=1S/C14H27BrO2/c1-2-14(12-17-13-14)11-16-10-8-6-4-3-5-7-9-15/h2-13H2,1H3. The minimum atomic E-state index is 0.357. The van der Waals surface area contributed by atoms with Crippen LogP contribution in [-0.2, 0) is 9.47 Å². The Balaban J connectivity index is 1.81. The van der Waals surface area contributed by atoms with Gasteiger partial charge < -0.3 is 9.47 Å². The van der Waals surface area contributed by atoms with Crippen LogP contribution < -0.4 is 0 Å². The van der Waals surface area contributed by atoms with Gasteiger partial charge in [-0.1, -0.05) is 48.5 Å². The Bertz CT molecular complexity index is 176. The molecule has 1 rings (SSSR count). The van der Waals surface area contributed by atoms with Crippen molar-refractivity contribution in [1.82, 2.24) is 0 Å². The Morgan fingerprint density at radius 3 is 2.24 bits per heavy atom. The van der Waals surface area contributed by atoms with E-state index >= 15 is 0 Å². The van der Waals surface area contributed by atoms with E-state index in [9.17, 15) is 0 Å². The Kier molecular flexibility index (Phi) is 8.50. The van der Waals surface area contributed by atoms with E-state index in [1.54, 1.807) is 0 Å². The van der Waals surface area contributed by atoms with Crippen molar-refractivity contribution in [3.05, 3.63) is 0 Å². The van der Waals surface area contributed by atoms with Crippen LogP contribution in [0.15, 0.2) is 0 Å². The van der Waals surface area contributed by atoms with Crippen molar-refractivity contribution in [2.24, 2.45) is 5.41 Å². The van der Waals surface area contributed by atoms with Gasteiger partial charge in [0, 0.05) is 17.4 Å². The molecule has 17 heavy (non-hydrogen) atoms. The molecule has 1 fully saturated rings. The monoisotopic (exact) mass is 306 g/mol. The summed E-state index contributed by atoms with van der Waals surface area (Å²) in [5, 5.41) is 1.15. The first kappa shape index (κ1) is 15.5. The Labute approximate surface area is 115 Å². The maximum atomic E-state index is 5.77. The van der Waals surface area contributed by atoms with Gasteiger partial charge in [-0.2, -0.15) is 0 Å². The van der Waals surface area contributed by atoms with Crippen molar-refractivity contribution in [3.63, 3.8) is 0 Å². The van der Waals surface area contributed by atoms with Crippen molar-refractivity contribution in [1.29, 1.82) is 0 Å². The highest BCUT2D eigenvalue weighted by atomic mass is 79.9. The lowest BCUT2D eigenvalue weighted by molar-refractivity contribution is -0.150. The molecule has 102 valence electrons. The minimum absolute atomic E-state index is 0.357. The Morgan fingerprint density at radius 2 is 1.71 bits per heavy atom. The lowest BCUT2D eigenvalue weighted by atomic mass is 9.84. The number of unbranched alkanes of at least 4 members (excludes halogenated alkanes) is 5. The first-order valence-electron chi connectivity index (χ1n) is 7.04. The summed E-state index contributed by atoms with van der Waals surface area (Å²) < 4.78 is 11.1. The highest BCUT2D eigenvalue weighted by molar-refractivity contribution is 9.09. The van der Waals surface area contributed by atoms with Crippen LogP contribution >= 0.6 is 15.9 Å². The van der Waals surface area contributed by atoms with E-state index in [0.717, 1.165) is 31.8 Å². The van der Waals surface area contributed by atoms with Crippen molar-refractivity contribution >= 4 is 15.9 Å². The molecular weight excluding hydrogens is 280 g/mol. The van der Waals surface area contributed by atoms with Gasteiger partial charge >= 0.3 is 0 Å². The fourth-order valence-corrected chi connectivity index (χ4v) is 2.47. The van der Waals surface area contributed by atoms with Crippen LogP contribution in [0.25, 0.3) is 0 Å². The summed E-state index contributed by atoms with van der Waals surface area (Å²) in [5.41, 5.74) is 0.357. The summed E-state index contributed by atoms with van der Waals surface area (Å²) in [5.74, 6) is 0. The molecule has 0 atom stereocenters. The smallest absolute Gasteiger partial charge is 0.0566 e. The highest BCUT2D eigenvalue weighted by Gasteiger charge is 2.36. The molecule has 0 aliphatic carbocycles. The topological polar surface area (TPSA) is 18.5 Å². The third-order valence-corrected chi connectivity index (χ3v) is 4.21. The quantitative estimate of drug-likeness (QED) is 0.421. The molecule has 2 nitrogen and oxygen atoms in total. The SMILES string of the molecule is CCC1(COCCCCCCCCBr)COC1. The lowest BCUT2D eigenvalue weighted by Gasteiger charge is -2.40. The first-order valence-corrected chi connectivity index (χ1v) is 8.16. The van der Waals surface area contributed by atoms with Crippen molar-refractivity contribution in [3.8, 4) is 0 Å². The fourth-order valence-electron chi connectivity index (χ4n) is 2.07. The average Bonchev–Trinajstić information content (AvgIpc) is 2.30. The molecule has 0 aromatic heterocycles. The van der Waals surface area contributed by atoms with Crippen LogP contribution in [-0.4, -0.2) is 31.8 Å². The summed E-state index contributed by atoms with van der Waals surface area (Å²) in [6.45, 7) is 5.86. The van der Waals surface area contributed by atoms with E-state index in [4.69, 9.17) is 9.47 Å². The van der Waals surface area contributed by atoms with Crippen LogP contribution in [0, 0.1) is 5.41 Å². The van der Waals surface area contributed by atoms with E-state index in [-0.39, 0.29) is 0 Å². The van der Waals surface area contributed by atoms with Gasteiger partial charge in [0.1, 0.15) is 0 Å². The predicted octanol–water partition coefficient (Wildman–Crippen LogP) is 4.17. The van der Waals surface area contributed by atoms with Crippen molar-refractivity contribution in [2.45, 2.75) is 51.9 Å². The zero-order valence-electron chi connectivity index (χ0n) is 11.2. The summed E-state index contributed by atoms with van der Waals surface area (Å²) >= 11 is 3.46. The van der Waals surface area contributed by atoms with Crippen molar-refractivity contribution < 1.29 is 9.47 Å². The van der Waals surface area contributed by atoms with E-state index in [1.165, 1.54) is 44.9 Å². The van der Waals surface area contributed by atoms with Crippen LogP contribution in [0.1, 0.15) is 51.9 Å². The van der Waals surface area contributed by atoms with Gasteiger partial charge in [0.15, 0.2) is 0 Å². The first-order chi connectivity index (χ1) is 8.33. The number of alkyl halides is 1. The van der Waals surface area contributed by atoms with Gasteiger partial charge in [-0.05, 0) is 19.3 Å². The molecule has 3 heteroatoms. The number of hydrogen-bond acceptors (Lipinski definition) is 2. The molecule has 0 bridgehead atoms. The second-order valence-corrected chi connectivity index (χ2v) is 6.00. The van der Waals surface area contributed by atoms with Gasteiger partial charge in [0.25, 0.3) is 0 Å². The Hall–Kier alpha value is 0.400. The summed E-state index contributed by atoms with van der Waals surface area (Å²) in [7, 11) is 0. The molecule has 0 amide bonds. The molecule has 0 spiro atoms. The maximum absolute atomic E-state index is 5.77. The van der Waals surface area contributed by atoms with Crippen molar-refractivity contribution in [2.75, 3.05) is 31.8 Å². The fraction of sp³-hybridized carbons (Fsp3) is 1.00. The molecule has 1 aliphatic rings. The zero-order valence-corrected chi connectivity index (χ0v) is 12.8. The molecule has 0 aromatic carbocycles. The minimum Gasteiger partial charge on any atom is -0.381 e. The summed E-state index contributed by atoms with van der Waals surface area (Å²) in [6.07, 6.45) is 9.13. The van der Waals surface area contributed by atoms with E-state index < -0.39 is 0 Å². The highest BCUT2D eigenvalue weighted by Crippen LogP contribution is 2.31. The normalized spacial score (nSPS) is 18.0. The molecule has 0 unspecified atom stereocenters. The molecule has 0 radical (unpaired) electrons. The largest absolute Gasteiger partial charge is 0.381 e. The van der Waals surface area contributed by atoms with Gasteiger partial charge in [-0.25, -0.2) is 0 Å². The number of hydrogen-bond donors (Lipinski definition) is 0. The van der Waals surface area contributed by atoms with E-state index in [2.05, 4.69) is 22.9 Å². The predicted molar refractivity (Wildman–Crippen MR) is 75.9 cm³/mol. The molecule has 1 aliphatic heterocycles. The molecule has 0 aromatic rings. The molecule has 1 heterocycles.